The number of carbonyl (C=O) groups excluding carboxylic acids is 3. The molecule has 1 unspecified atom stereocenters. The van der Waals surface area contributed by atoms with Gasteiger partial charge in [-0.2, -0.15) is 11.8 Å². The largest absolute Gasteiger partial charge is 0.465 e. The van der Waals surface area contributed by atoms with Crippen LogP contribution in [0, 0.1) is 5.92 Å². The third-order valence-electron chi connectivity index (χ3n) is 4.24. The summed E-state index contributed by atoms with van der Waals surface area (Å²) in [7, 11) is 0. The Bertz CT molecular complexity index is 560. The Balaban J connectivity index is 4.64. The van der Waals surface area contributed by atoms with Gasteiger partial charge in [0.15, 0.2) is 0 Å². The number of rotatable bonds is 13. The number of carboxylic acid groups (broad SMARTS) is 1. The fourth-order valence-electron chi connectivity index (χ4n) is 2.24. The highest BCUT2D eigenvalue weighted by atomic mass is 32.2. The first-order valence-electron chi connectivity index (χ1n) is 9.54. The first-order chi connectivity index (χ1) is 13.5. The highest BCUT2D eigenvalue weighted by Crippen LogP contribution is 2.04. The van der Waals surface area contributed by atoms with E-state index in [1.54, 1.807) is 32.5 Å². The van der Waals surface area contributed by atoms with Crippen molar-refractivity contribution < 1.29 is 29.0 Å². The zero-order chi connectivity index (χ0) is 22.6. The molecule has 0 bridgehead atoms. The molecule has 0 saturated heterocycles. The van der Waals surface area contributed by atoms with Crippen molar-refractivity contribution >= 4 is 35.6 Å². The average molecular weight is 435 g/mol. The van der Waals surface area contributed by atoms with Gasteiger partial charge in [-0.3, -0.25) is 9.59 Å². The summed E-state index contributed by atoms with van der Waals surface area (Å²) < 4.78 is 5.12. The zero-order valence-electron chi connectivity index (χ0n) is 17.7. The van der Waals surface area contributed by atoms with Gasteiger partial charge in [0.25, 0.3) is 0 Å². The Labute approximate surface area is 176 Å². The van der Waals surface area contributed by atoms with Gasteiger partial charge in [-0.25, -0.2) is 9.59 Å². The molecule has 0 radical (unpaired) electrons. The van der Waals surface area contributed by atoms with Crippen molar-refractivity contribution in [1.29, 1.82) is 0 Å². The predicted molar refractivity (Wildman–Crippen MR) is 112 cm³/mol. The molecule has 0 aliphatic heterocycles. The maximum absolute atomic E-state index is 12.4. The monoisotopic (exact) mass is 434 g/mol. The van der Waals surface area contributed by atoms with Crippen molar-refractivity contribution in [3.05, 3.63) is 0 Å². The highest BCUT2D eigenvalue weighted by molar-refractivity contribution is 7.98. The number of amides is 3. The lowest BCUT2D eigenvalue weighted by molar-refractivity contribution is -0.148. The van der Waals surface area contributed by atoms with Crippen LogP contribution in [0.1, 0.15) is 40.5 Å². The summed E-state index contributed by atoms with van der Waals surface area (Å²) in [5.74, 6) is -0.996. The van der Waals surface area contributed by atoms with E-state index in [1.165, 1.54) is 6.92 Å². The van der Waals surface area contributed by atoms with Crippen molar-refractivity contribution in [2.24, 2.45) is 11.7 Å². The van der Waals surface area contributed by atoms with Crippen LogP contribution < -0.4 is 21.7 Å². The highest BCUT2D eigenvalue weighted by Gasteiger charge is 2.26. The number of ether oxygens (including phenoxy) is 1. The maximum atomic E-state index is 12.4. The van der Waals surface area contributed by atoms with Crippen LogP contribution in [0.15, 0.2) is 0 Å². The number of nitrogens with two attached hydrogens (primary N) is 1. The number of carbonyl (C=O) groups is 4. The summed E-state index contributed by atoms with van der Waals surface area (Å²) >= 11 is 1.57. The van der Waals surface area contributed by atoms with E-state index in [2.05, 4.69) is 16.0 Å². The molecule has 11 heteroatoms. The molecule has 0 aliphatic carbocycles. The van der Waals surface area contributed by atoms with Crippen LogP contribution in [0.2, 0.25) is 0 Å². The number of hydrogen-bond donors (Lipinski definition) is 5. The molecule has 0 fully saturated rings. The first-order valence-corrected chi connectivity index (χ1v) is 10.9. The summed E-state index contributed by atoms with van der Waals surface area (Å²) in [6.45, 7) is 6.61. The van der Waals surface area contributed by atoms with Crippen LogP contribution in [-0.2, 0) is 19.1 Å². The van der Waals surface area contributed by atoms with Gasteiger partial charge in [0.1, 0.15) is 18.7 Å². The van der Waals surface area contributed by atoms with Crippen molar-refractivity contribution in [2.45, 2.75) is 64.7 Å². The lowest BCUT2D eigenvalue weighted by Gasteiger charge is -2.23. The standard InChI is InChI=1S/C18H34N4O6S/c1-6-13(21-15(23)12(19)7-8-29-5)16(24)20-11(4)17(25)28-9-14(10(2)3)22-18(26)27/h10-14,22H,6-9,19H2,1-5H3,(H,20,24)(H,21,23)(H,26,27)/t11-,12-,13-,14?/m0/s1. The van der Waals surface area contributed by atoms with E-state index in [0.717, 1.165) is 5.75 Å². The minimum Gasteiger partial charge on any atom is -0.465 e. The fraction of sp³-hybridized carbons (Fsp3) is 0.778. The molecule has 0 heterocycles. The van der Waals surface area contributed by atoms with E-state index in [9.17, 15) is 19.2 Å². The molecule has 0 aromatic rings. The Morgan fingerprint density at radius 2 is 1.69 bits per heavy atom. The van der Waals surface area contributed by atoms with Crippen LogP contribution in [0.4, 0.5) is 4.79 Å². The Morgan fingerprint density at radius 3 is 2.17 bits per heavy atom. The minimum atomic E-state index is -1.21. The molecule has 3 amide bonds. The smallest absolute Gasteiger partial charge is 0.405 e. The Kier molecular flexibility index (Phi) is 13.1. The van der Waals surface area contributed by atoms with Crippen molar-refractivity contribution in [1.82, 2.24) is 16.0 Å². The van der Waals surface area contributed by atoms with Crippen molar-refractivity contribution in [3.63, 3.8) is 0 Å². The van der Waals surface area contributed by atoms with Gasteiger partial charge in [0, 0.05) is 0 Å². The molecule has 0 spiro atoms. The first kappa shape index (κ1) is 27.0. The van der Waals surface area contributed by atoms with Gasteiger partial charge >= 0.3 is 12.1 Å². The summed E-state index contributed by atoms with van der Waals surface area (Å²) in [5.41, 5.74) is 5.80. The third-order valence-corrected chi connectivity index (χ3v) is 4.89. The molecule has 0 saturated carbocycles. The number of thioether (sulfide) groups is 1. The second kappa shape index (κ2) is 14.0. The second-order valence-corrected chi connectivity index (χ2v) is 8.00. The fourth-order valence-corrected chi connectivity index (χ4v) is 2.73. The predicted octanol–water partition coefficient (Wildman–Crippen LogP) is 0.302. The topological polar surface area (TPSA) is 160 Å². The van der Waals surface area contributed by atoms with E-state index in [0.29, 0.717) is 12.8 Å². The van der Waals surface area contributed by atoms with Gasteiger partial charge in [-0.1, -0.05) is 20.8 Å². The van der Waals surface area contributed by atoms with Crippen LogP contribution >= 0.6 is 11.8 Å². The molecular formula is C18H34N4O6S. The average Bonchev–Trinajstić information content (AvgIpc) is 2.65. The second-order valence-electron chi connectivity index (χ2n) is 7.02. The summed E-state index contributed by atoms with van der Waals surface area (Å²) in [6.07, 6.45) is 1.52. The van der Waals surface area contributed by atoms with Crippen LogP contribution in [0.25, 0.3) is 0 Å². The number of nitrogens with one attached hydrogen (secondary N) is 3. The van der Waals surface area contributed by atoms with Gasteiger partial charge in [0.2, 0.25) is 11.8 Å². The quantitative estimate of drug-likeness (QED) is 0.259. The lowest BCUT2D eigenvalue weighted by Crippen LogP contribution is -2.54. The molecule has 0 aromatic heterocycles. The molecule has 10 nitrogen and oxygen atoms in total. The molecule has 6 N–H and O–H groups in total. The van der Waals surface area contributed by atoms with E-state index >= 15 is 0 Å². The molecule has 0 aliphatic rings. The van der Waals surface area contributed by atoms with E-state index < -0.39 is 48.0 Å². The molecule has 29 heavy (non-hydrogen) atoms. The van der Waals surface area contributed by atoms with E-state index in [1.807, 2.05) is 6.26 Å². The number of esters is 1. The number of hydrogen-bond acceptors (Lipinski definition) is 7. The molecule has 0 aromatic carbocycles. The van der Waals surface area contributed by atoms with E-state index in [4.69, 9.17) is 15.6 Å². The minimum absolute atomic E-state index is 0.0844. The summed E-state index contributed by atoms with van der Waals surface area (Å²) in [6, 6.07) is -3.06. The lowest BCUT2D eigenvalue weighted by atomic mass is 10.1. The van der Waals surface area contributed by atoms with Gasteiger partial charge in [0.05, 0.1) is 12.1 Å². The molecular weight excluding hydrogens is 400 g/mol. The van der Waals surface area contributed by atoms with Crippen molar-refractivity contribution in [3.8, 4) is 0 Å². The van der Waals surface area contributed by atoms with Crippen molar-refractivity contribution in [2.75, 3.05) is 18.6 Å². The third kappa shape index (κ3) is 10.9. The summed E-state index contributed by atoms with van der Waals surface area (Å²) in [5, 5.41) is 16.2. The van der Waals surface area contributed by atoms with Gasteiger partial charge in [-0.15, -0.1) is 0 Å². The molecule has 168 valence electrons. The summed E-state index contributed by atoms with van der Waals surface area (Å²) in [4.78, 5) is 47.4. The molecule has 0 rings (SSSR count). The van der Waals surface area contributed by atoms with Gasteiger partial charge < -0.3 is 31.5 Å². The normalized spacial score (nSPS) is 15.0. The maximum Gasteiger partial charge on any atom is 0.405 e. The molecule has 4 atom stereocenters. The SMILES string of the molecule is CC[C@H](NC(=O)[C@@H](N)CCSC)C(=O)N[C@@H](C)C(=O)OCC(NC(=O)O)C(C)C. The van der Waals surface area contributed by atoms with Gasteiger partial charge in [-0.05, 0) is 37.7 Å². The Morgan fingerprint density at radius 1 is 1.07 bits per heavy atom. The zero-order valence-corrected chi connectivity index (χ0v) is 18.5. The van der Waals surface area contributed by atoms with Crippen LogP contribution in [0.3, 0.4) is 0 Å². The van der Waals surface area contributed by atoms with Crippen LogP contribution in [0.5, 0.6) is 0 Å². The van der Waals surface area contributed by atoms with E-state index in [-0.39, 0.29) is 12.5 Å². The van der Waals surface area contributed by atoms with Crippen LogP contribution in [-0.4, -0.2) is 71.8 Å². The Hall–Kier alpha value is -2.01.